The van der Waals surface area contributed by atoms with Gasteiger partial charge in [0.05, 0.1) is 30.2 Å². The van der Waals surface area contributed by atoms with Crippen LogP contribution in [-0.2, 0) is 4.74 Å². The molecule has 2 aromatic heterocycles. The lowest BCUT2D eigenvalue weighted by Gasteiger charge is -2.19. The monoisotopic (exact) mass is 430 g/mol. The zero-order valence-electron chi connectivity index (χ0n) is 17.0. The molecule has 0 unspecified atom stereocenters. The van der Waals surface area contributed by atoms with Gasteiger partial charge in [0.1, 0.15) is 23.1 Å². The Morgan fingerprint density at radius 2 is 2.00 bits per heavy atom. The molecular formula is C22H21F3N4O2. The second-order valence-corrected chi connectivity index (χ2v) is 7.37. The number of H-pyrrole nitrogens is 1. The van der Waals surface area contributed by atoms with Crippen LogP contribution in [0.5, 0.6) is 0 Å². The first-order chi connectivity index (χ1) is 14.8. The van der Waals surface area contributed by atoms with Crippen molar-refractivity contribution in [3.8, 4) is 0 Å². The minimum absolute atomic E-state index is 0.0963. The summed E-state index contributed by atoms with van der Waals surface area (Å²) in [6.07, 6.45) is -0.447. The predicted molar refractivity (Wildman–Crippen MR) is 112 cm³/mol. The van der Waals surface area contributed by atoms with E-state index < -0.39 is 23.8 Å². The van der Waals surface area contributed by atoms with Crippen molar-refractivity contribution in [1.29, 1.82) is 0 Å². The smallest absolute Gasteiger partial charge is 0.266 e. The maximum Gasteiger partial charge on any atom is 0.266 e. The number of anilines is 1. The summed E-state index contributed by atoms with van der Waals surface area (Å²) in [5.41, 5.74) is 0.875. The Morgan fingerprint density at radius 1 is 1.23 bits per heavy atom. The van der Waals surface area contributed by atoms with Crippen LogP contribution >= 0.6 is 0 Å². The van der Waals surface area contributed by atoms with Crippen LogP contribution < -0.4 is 10.9 Å². The Balaban J connectivity index is 1.77. The van der Waals surface area contributed by atoms with E-state index in [0.717, 1.165) is 11.6 Å². The Bertz CT molecular complexity index is 1220. The molecule has 3 aromatic rings. The van der Waals surface area contributed by atoms with Crippen molar-refractivity contribution < 1.29 is 17.9 Å². The summed E-state index contributed by atoms with van der Waals surface area (Å²) in [6, 6.07) is 4.96. The van der Waals surface area contributed by atoms with E-state index in [2.05, 4.69) is 20.3 Å². The molecule has 0 aliphatic carbocycles. The zero-order chi connectivity index (χ0) is 22.1. The molecule has 1 aliphatic heterocycles. The van der Waals surface area contributed by atoms with E-state index in [-0.39, 0.29) is 11.1 Å². The van der Waals surface area contributed by atoms with Crippen LogP contribution in [-0.4, -0.2) is 28.2 Å². The average Bonchev–Trinajstić information content (AvgIpc) is 2.73. The van der Waals surface area contributed by atoms with E-state index in [0.29, 0.717) is 47.9 Å². The molecule has 31 heavy (non-hydrogen) atoms. The molecule has 1 aliphatic rings. The summed E-state index contributed by atoms with van der Waals surface area (Å²) in [6.45, 7) is 4.28. The highest BCUT2D eigenvalue weighted by molar-refractivity contribution is 5.89. The number of pyridine rings is 1. The van der Waals surface area contributed by atoms with Crippen LogP contribution in [0.3, 0.4) is 0 Å². The standard InChI is InChI=1S/C22H21F3N4O2/c1-11(14-4-3-5-15(18(14)23)19(24)25)26-20-17-10-16(13-6-8-31-9-7-13)22(30)29-21(17)28-12(2)27-20/h3-6,10-11,19H,7-9H2,1-2H3,(H2,26,27,28,29,30)/t11-/m1/s1. The number of aromatic nitrogens is 3. The van der Waals surface area contributed by atoms with Crippen molar-refractivity contribution in [2.45, 2.75) is 32.7 Å². The van der Waals surface area contributed by atoms with Crippen molar-refractivity contribution >= 4 is 22.4 Å². The van der Waals surface area contributed by atoms with Crippen LogP contribution in [0, 0.1) is 12.7 Å². The average molecular weight is 430 g/mol. The first-order valence-electron chi connectivity index (χ1n) is 9.87. The molecule has 0 spiro atoms. The molecule has 9 heteroatoms. The molecule has 0 fully saturated rings. The summed E-state index contributed by atoms with van der Waals surface area (Å²) in [5, 5.41) is 3.64. The number of nitrogens with zero attached hydrogens (tertiary/aromatic N) is 2. The third kappa shape index (κ3) is 4.18. The van der Waals surface area contributed by atoms with Crippen LogP contribution in [0.4, 0.5) is 19.0 Å². The van der Waals surface area contributed by atoms with Gasteiger partial charge in [0.2, 0.25) is 0 Å². The lowest BCUT2D eigenvalue weighted by atomic mass is 10.0. The summed E-state index contributed by atoms with van der Waals surface area (Å²) >= 11 is 0. The van der Waals surface area contributed by atoms with Gasteiger partial charge in [-0.2, -0.15) is 0 Å². The van der Waals surface area contributed by atoms with E-state index >= 15 is 0 Å². The van der Waals surface area contributed by atoms with Crippen molar-refractivity contribution in [3.05, 3.63) is 69.0 Å². The van der Waals surface area contributed by atoms with Crippen molar-refractivity contribution in [2.24, 2.45) is 0 Å². The highest BCUT2D eigenvalue weighted by Crippen LogP contribution is 2.30. The maximum absolute atomic E-state index is 14.6. The minimum Gasteiger partial charge on any atom is -0.377 e. The highest BCUT2D eigenvalue weighted by Gasteiger charge is 2.21. The van der Waals surface area contributed by atoms with Gasteiger partial charge in [0, 0.05) is 11.1 Å². The number of ether oxygens (including phenoxy) is 1. The number of alkyl halides is 2. The van der Waals surface area contributed by atoms with Gasteiger partial charge >= 0.3 is 0 Å². The van der Waals surface area contributed by atoms with E-state index in [1.165, 1.54) is 12.1 Å². The number of fused-ring (bicyclic) bond motifs is 1. The fourth-order valence-electron chi connectivity index (χ4n) is 3.67. The summed E-state index contributed by atoms with van der Waals surface area (Å²) < 4.78 is 46.1. The van der Waals surface area contributed by atoms with Gasteiger partial charge in [-0.15, -0.1) is 0 Å². The number of aromatic amines is 1. The molecule has 0 bridgehead atoms. The quantitative estimate of drug-likeness (QED) is 0.615. The number of rotatable bonds is 5. The van der Waals surface area contributed by atoms with E-state index in [1.807, 2.05) is 6.08 Å². The molecule has 6 nitrogen and oxygen atoms in total. The van der Waals surface area contributed by atoms with Crippen LogP contribution in [0.25, 0.3) is 16.6 Å². The second-order valence-electron chi connectivity index (χ2n) is 7.37. The largest absolute Gasteiger partial charge is 0.377 e. The van der Waals surface area contributed by atoms with E-state index in [9.17, 15) is 18.0 Å². The predicted octanol–water partition coefficient (Wildman–Crippen LogP) is 4.68. The molecule has 0 saturated heterocycles. The van der Waals surface area contributed by atoms with Crippen molar-refractivity contribution in [2.75, 3.05) is 18.5 Å². The Kier molecular flexibility index (Phi) is 5.77. The number of nitrogens with one attached hydrogen (secondary N) is 2. The number of benzene rings is 1. The number of hydrogen-bond donors (Lipinski definition) is 2. The molecule has 1 aromatic carbocycles. The second kappa shape index (κ2) is 8.50. The molecule has 4 rings (SSSR count). The molecule has 1 atom stereocenters. The Hall–Kier alpha value is -3.20. The third-order valence-corrected chi connectivity index (χ3v) is 5.25. The van der Waals surface area contributed by atoms with Gasteiger partial charge in [-0.05, 0) is 31.9 Å². The lowest BCUT2D eigenvalue weighted by Crippen LogP contribution is -2.17. The van der Waals surface area contributed by atoms with Gasteiger partial charge in [-0.25, -0.2) is 23.1 Å². The van der Waals surface area contributed by atoms with Gasteiger partial charge in [0.25, 0.3) is 12.0 Å². The molecule has 3 heterocycles. The molecule has 0 amide bonds. The molecule has 0 radical (unpaired) electrons. The fourth-order valence-corrected chi connectivity index (χ4v) is 3.67. The van der Waals surface area contributed by atoms with Gasteiger partial charge < -0.3 is 15.0 Å². The van der Waals surface area contributed by atoms with Crippen molar-refractivity contribution in [1.82, 2.24) is 15.0 Å². The SMILES string of the molecule is Cc1nc(N[C@H](C)c2cccc(C(F)F)c2F)c2cc(C3=CCOCC3)c(=O)[nH]c2n1. The topological polar surface area (TPSA) is 79.9 Å². The number of halogens is 3. The van der Waals surface area contributed by atoms with Gasteiger partial charge in [0.15, 0.2) is 0 Å². The Morgan fingerprint density at radius 3 is 2.71 bits per heavy atom. The fraction of sp³-hybridized carbons (Fsp3) is 0.318. The number of aryl methyl sites for hydroxylation is 1. The molecule has 2 N–H and O–H groups in total. The highest BCUT2D eigenvalue weighted by atomic mass is 19.3. The lowest BCUT2D eigenvalue weighted by molar-refractivity contribution is 0.146. The number of hydrogen-bond acceptors (Lipinski definition) is 5. The van der Waals surface area contributed by atoms with E-state index in [4.69, 9.17) is 4.74 Å². The minimum atomic E-state index is -2.91. The summed E-state index contributed by atoms with van der Waals surface area (Å²) in [4.78, 5) is 24.1. The van der Waals surface area contributed by atoms with Crippen LogP contribution in [0.2, 0.25) is 0 Å². The first kappa shape index (κ1) is 21.0. The summed E-state index contributed by atoms with van der Waals surface area (Å²) in [7, 11) is 0. The Labute approximate surface area is 176 Å². The first-order valence-corrected chi connectivity index (χ1v) is 9.87. The molecule has 0 saturated carbocycles. The maximum atomic E-state index is 14.6. The van der Waals surface area contributed by atoms with Gasteiger partial charge in [-0.1, -0.05) is 24.3 Å². The summed E-state index contributed by atoms with van der Waals surface area (Å²) in [5.74, 6) is -0.172. The molecule has 162 valence electrons. The zero-order valence-corrected chi connectivity index (χ0v) is 17.0. The van der Waals surface area contributed by atoms with Crippen LogP contribution in [0.15, 0.2) is 35.1 Å². The van der Waals surface area contributed by atoms with Crippen molar-refractivity contribution in [3.63, 3.8) is 0 Å². The molecular weight excluding hydrogens is 409 g/mol. The van der Waals surface area contributed by atoms with Gasteiger partial charge in [-0.3, -0.25) is 4.79 Å². The van der Waals surface area contributed by atoms with E-state index in [1.54, 1.807) is 19.9 Å². The van der Waals surface area contributed by atoms with Crippen LogP contribution in [0.1, 0.15) is 48.3 Å². The third-order valence-electron chi connectivity index (χ3n) is 5.25. The normalized spacial score (nSPS) is 15.2.